The molecule has 2 fully saturated rings. The lowest BCUT2D eigenvalue weighted by Gasteiger charge is -2.49. The fourth-order valence-electron chi connectivity index (χ4n) is 3.50. The fraction of sp³-hybridized carbons (Fsp3) is 0.333. The van der Waals surface area contributed by atoms with Gasteiger partial charge in [0.1, 0.15) is 28.9 Å². The average Bonchev–Trinajstić information content (AvgIpc) is 3.38. The smallest absolute Gasteiger partial charge is 0.352 e. The Balaban J connectivity index is 1.49. The Kier molecular flexibility index (Phi) is 5.88. The van der Waals surface area contributed by atoms with E-state index in [4.69, 9.17) is 10.5 Å². The van der Waals surface area contributed by atoms with E-state index >= 15 is 0 Å². The molecule has 0 saturated carbocycles. The molecule has 3 aliphatic heterocycles. The number of esters is 1. The first-order chi connectivity index (χ1) is 15.3. The van der Waals surface area contributed by atoms with Gasteiger partial charge >= 0.3 is 11.9 Å². The summed E-state index contributed by atoms with van der Waals surface area (Å²) in [6, 6.07) is -1.00. The average molecular weight is 479 g/mol. The largest absolute Gasteiger partial charge is 0.477 e. The highest BCUT2D eigenvalue weighted by molar-refractivity contribution is 8.00. The lowest BCUT2D eigenvalue weighted by molar-refractivity contribution is -0.150. The molecule has 0 aromatic carbocycles. The Bertz CT molecular complexity index is 1100. The van der Waals surface area contributed by atoms with Crippen molar-refractivity contribution in [2.24, 2.45) is 5.16 Å². The molecular formula is C18H17N5O7S2. The molecule has 0 radical (unpaired) electrons. The van der Waals surface area contributed by atoms with Gasteiger partial charge in [-0.2, -0.15) is 0 Å². The van der Waals surface area contributed by atoms with Gasteiger partial charge in [0.2, 0.25) is 0 Å². The number of anilines is 1. The third-order valence-corrected chi connectivity index (χ3v) is 6.97. The molecular weight excluding hydrogens is 462 g/mol. The Labute approximate surface area is 188 Å². The normalized spacial score (nSPS) is 25.6. The van der Waals surface area contributed by atoms with Gasteiger partial charge in [0, 0.05) is 17.6 Å². The maximum atomic E-state index is 12.7. The predicted molar refractivity (Wildman–Crippen MR) is 113 cm³/mol. The number of amides is 2. The maximum absolute atomic E-state index is 12.7. The number of ether oxygens (including phenoxy) is 1. The molecule has 12 nitrogen and oxygen atoms in total. The van der Waals surface area contributed by atoms with Crippen LogP contribution < -0.4 is 11.1 Å². The van der Waals surface area contributed by atoms with Crippen LogP contribution in [0.3, 0.4) is 0 Å². The predicted octanol–water partition coefficient (Wildman–Crippen LogP) is -0.0960. The number of allylic oxidation sites excluding steroid dienone is 1. The summed E-state index contributed by atoms with van der Waals surface area (Å²) in [5, 5.41) is 25.3. The number of nitrogens with zero attached hydrogens (tertiary/aromatic N) is 3. The second-order valence-electron chi connectivity index (χ2n) is 6.99. The van der Waals surface area contributed by atoms with E-state index in [1.54, 1.807) is 12.2 Å². The topological polar surface area (TPSA) is 185 Å². The molecule has 0 spiro atoms. The second-order valence-corrected chi connectivity index (χ2v) is 8.98. The lowest BCUT2D eigenvalue weighted by Crippen LogP contribution is -2.71. The molecule has 1 aromatic rings. The zero-order valence-corrected chi connectivity index (χ0v) is 17.9. The van der Waals surface area contributed by atoms with Gasteiger partial charge < -0.3 is 26.1 Å². The number of oxime groups is 1. The molecule has 3 aliphatic rings. The lowest BCUT2D eigenvalue weighted by atomic mass is 10.0. The van der Waals surface area contributed by atoms with Crippen LogP contribution in [-0.2, 0) is 23.9 Å². The fourth-order valence-corrected chi connectivity index (χ4v) is 5.36. The number of thiazole rings is 1. The van der Waals surface area contributed by atoms with Gasteiger partial charge in [-0.1, -0.05) is 11.2 Å². The van der Waals surface area contributed by atoms with E-state index in [9.17, 15) is 29.5 Å². The highest BCUT2D eigenvalue weighted by atomic mass is 32.2. The number of nitrogens with two attached hydrogens (primary N) is 1. The summed E-state index contributed by atoms with van der Waals surface area (Å²) in [6.07, 6.45) is 3.55. The van der Waals surface area contributed by atoms with Crippen LogP contribution in [0.25, 0.3) is 0 Å². The number of fused-ring (bicyclic) bond motifs is 1. The first-order valence-electron chi connectivity index (χ1n) is 9.33. The standard InChI is InChI=1S/C18H17N5O7S2/c19-18-20-9(6-32-18)11(22-29)14(25)21-12-15(26)23-13(17(27)28)7(5-31-16(12)23)1-2-8-3-4-10(24)30-8/h1-2,6,8,12,16,29H,3-5H2,(H2,19,20)(H,21,25)(H,27,28)/b2-1+,22-11-/t8?,12-,16-/m1/s1. The summed E-state index contributed by atoms with van der Waals surface area (Å²) in [4.78, 5) is 53.3. The highest BCUT2D eigenvalue weighted by Gasteiger charge is 2.54. The molecule has 0 aliphatic carbocycles. The van der Waals surface area contributed by atoms with Crippen molar-refractivity contribution < 1.29 is 34.2 Å². The Hall–Kier alpha value is -3.39. The van der Waals surface area contributed by atoms with Crippen molar-refractivity contribution in [2.75, 3.05) is 11.5 Å². The van der Waals surface area contributed by atoms with Crippen molar-refractivity contribution in [1.29, 1.82) is 0 Å². The van der Waals surface area contributed by atoms with Crippen LogP contribution >= 0.6 is 23.1 Å². The second kappa shape index (κ2) is 8.63. The summed E-state index contributed by atoms with van der Waals surface area (Å²) >= 11 is 2.32. The molecule has 0 bridgehead atoms. The molecule has 14 heteroatoms. The summed E-state index contributed by atoms with van der Waals surface area (Å²) < 4.78 is 5.09. The molecule has 2 saturated heterocycles. The highest BCUT2D eigenvalue weighted by Crippen LogP contribution is 2.40. The van der Waals surface area contributed by atoms with E-state index in [-0.39, 0.29) is 28.2 Å². The summed E-state index contributed by atoms with van der Waals surface area (Å²) in [5.41, 5.74) is 5.39. The molecule has 5 N–H and O–H groups in total. The number of rotatable bonds is 6. The first-order valence-corrected chi connectivity index (χ1v) is 11.3. The van der Waals surface area contributed by atoms with Crippen LogP contribution in [0.15, 0.2) is 34.0 Å². The number of carbonyl (C=O) groups is 4. The van der Waals surface area contributed by atoms with Crippen LogP contribution in [0.5, 0.6) is 0 Å². The zero-order valence-electron chi connectivity index (χ0n) is 16.3. The number of nitrogens with one attached hydrogen (secondary N) is 1. The van der Waals surface area contributed by atoms with E-state index in [1.807, 2.05) is 0 Å². The van der Waals surface area contributed by atoms with Crippen LogP contribution in [0, 0.1) is 0 Å². The van der Waals surface area contributed by atoms with E-state index in [0.717, 1.165) is 16.2 Å². The summed E-state index contributed by atoms with van der Waals surface area (Å²) in [6.45, 7) is 0. The molecule has 4 rings (SSSR count). The number of cyclic esters (lactones) is 1. The summed E-state index contributed by atoms with van der Waals surface area (Å²) in [7, 11) is 0. The number of aliphatic carboxylic acids is 1. The van der Waals surface area contributed by atoms with Crippen LogP contribution in [0.1, 0.15) is 18.5 Å². The molecule has 3 atom stereocenters. The number of aromatic nitrogens is 1. The Morgan fingerprint density at radius 2 is 2.19 bits per heavy atom. The van der Waals surface area contributed by atoms with Crippen molar-refractivity contribution >= 4 is 57.7 Å². The van der Waals surface area contributed by atoms with Crippen molar-refractivity contribution in [3.8, 4) is 0 Å². The van der Waals surface area contributed by atoms with Crippen molar-refractivity contribution in [3.05, 3.63) is 34.5 Å². The molecule has 32 heavy (non-hydrogen) atoms. The number of carbonyl (C=O) groups excluding carboxylic acids is 3. The zero-order chi connectivity index (χ0) is 23.0. The SMILES string of the molecule is Nc1nc(/C(=N/O)C(=O)N[C@@H]2C(=O)N3C(C(=O)O)=C(/C=C/C4CCC(=O)O4)CS[C@H]23)cs1. The number of carboxylic acid groups (broad SMARTS) is 1. The molecule has 168 valence electrons. The van der Waals surface area contributed by atoms with Crippen LogP contribution in [0.2, 0.25) is 0 Å². The maximum Gasteiger partial charge on any atom is 0.352 e. The quantitative estimate of drug-likeness (QED) is 0.141. The Morgan fingerprint density at radius 1 is 1.41 bits per heavy atom. The molecule has 1 aromatic heterocycles. The van der Waals surface area contributed by atoms with Gasteiger partial charge in [-0.05, 0) is 18.1 Å². The number of nitrogen functional groups attached to an aromatic ring is 1. The van der Waals surface area contributed by atoms with Gasteiger partial charge in [0.05, 0.1) is 0 Å². The van der Waals surface area contributed by atoms with Crippen LogP contribution in [0.4, 0.5) is 5.13 Å². The minimum Gasteiger partial charge on any atom is -0.477 e. The monoisotopic (exact) mass is 479 g/mol. The van der Waals surface area contributed by atoms with Crippen molar-refractivity contribution in [1.82, 2.24) is 15.2 Å². The first kappa shape index (κ1) is 21.8. The van der Waals surface area contributed by atoms with Crippen molar-refractivity contribution in [3.63, 3.8) is 0 Å². The number of carboxylic acids is 1. The minimum absolute atomic E-state index is 0.0542. The summed E-state index contributed by atoms with van der Waals surface area (Å²) in [5.74, 6) is -2.78. The Morgan fingerprint density at radius 3 is 2.78 bits per heavy atom. The molecule has 2 amide bonds. The van der Waals surface area contributed by atoms with Gasteiger partial charge in [-0.3, -0.25) is 19.3 Å². The van der Waals surface area contributed by atoms with Crippen molar-refractivity contribution in [2.45, 2.75) is 30.4 Å². The van der Waals surface area contributed by atoms with E-state index in [1.165, 1.54) is 17.1 Å². The van der Waals surface area contributed by atoms with E-state index in [0.29, 0.717) is 18.4 Å². The number of hydrogen-bond acceptors (Lipinski definition) is 11. The number of thioether (sulfide) groups is 1. The van der Waals surface area contributed by atoms with E-state index in [2.05, 4.69) is 15.5 Å². The molecule has 4 heterocycles. The number of hydrogen-bond donors (Lipinski definition) is 4. The molecule has 1 unspecified atom stereocenters. The van der Waals surface area contributed by atoms with Gasteiger partial charge in [0.15, 0.2) is 10.8 Å². The third-order valence-electron chi connectivity index (χ3n) is 4.99. The van der Waals surface area contributed by atoms with Gasteiger partial charge in [-0.25, -0.2) is 9.78 Å². The van der Waals surface area contributed by atoms with Crippen LogP contribution in [-0.4, -0.2) is 72.9 Å². The van der Waals surface area contributed by atoms with Gasteiger partial charge in [0.25, 0.3) is 11.8 Å². The number of β-lactam (4-membered cyclic amide) rings is 1. The van der Waals surface area contributed by atoms with Gasteiger partial charge in [-0.15, -0.1) is 23.1 Å². The van der Waals surface area contributed by atoms with E-state index < -0.39 is 41.0 Å². The minimum atomic E-state index is -1.29. The third kappa shape index (κ3) is 3.93.